The average molecular weight is 525 g/mol. The van der Waals surface area contributed by atoms with E-state index in [9.17, 15) is 13.2 Å². The number of benzene rings is 1. The molecule has 0 saturated carbocycles. The molecule has 1 aromatic heterocycles. The largest absolute Gasteiger partial charge is 0.469 e. The number of nitrogens with zero attached hydrogens (tertiary/aromatic N) is 1. The van der Waals surface area contributed by atoms with Crippen molar-refractivity contribution in [2.45, 2.75) is 39.1 Å². The van der Waals surface area contributed by atoms with Crippen LogP contribution in [0.25, 0.3) is 0 Å². The van der Waals surface area contributed by atoms with Gasteiger partial charge in [0.2, 0.25) is 0 Å². The number of alkyl halides is 3. The molecule has 2 aromatic rings. The van der Waals surface area contributed by atoms with E-state index < -0.39 is 12.8 Å². The molecule has 0 atom stereocenters. The van der Waals surface area contributed by atoms with Gasteiger partial charge in [-0.25, -0.2) is 4.99 Å². The normalized spacial score (nSPS) is 11.8. The fourth-order valence-electron chi connectivity index (χ4n) is 2.45. The molecule has 29 heavy (non-hydrogen) atoms. The van der Waals surface area contributed by atoms with Gasteiger partial charge in [0.1, 0.15) is 12.4 Å². The predicted molar refractivity (Wildman–Crippen MR) is 117 cm³/mol. The second kappa shape index (κ2) is 13.5. The molecule has 0 saturated heterocycles. The van der Waals surface area contributed by atoms with Gasteiger partial charge in [-0.2, -0.15) is 13.2 Å². The Morgan fingerprint density at radius 3 is 2.55 bits per heavy atom. The Hall–Kier alpha value is -1.75. The summed E-state index contributed by atoms with van der Waals surface area (Å²) in [5.74, 6) is 1.58. The van der Waals surface area contributed by atoms with Crippen molar-refractivity contribution in [3.63, 3.8) is 0 Å². The van der Waals surface area contributed by atoms with Gasteiger partial charge in [0.05, 0.1) is 19.4 Å². The molecule has 0 unspecified atom stereocenters. The number of hydrogen-bond donors (Lipinski definition) is 2. The Kier molecular flexibility index (Phi) is 11.7. The lowest BCUT2D eigenvalue weighted by molar-refractivity contribution is -0.176. The number of nitrogens with one attached hydrogen (secondary N) is 2. The summed E-state index contributed by atoms with van der Waals surface area (Å²) < 4.78 is 46.6. The van der Waals surface area contributed by atoms with E-state index in [1.165, 1.54) is 0 Å². The van der Waals surface area contributed by atoms with Crippen molar-refractivity contribution < 1.29 is 22.3 Å². The van der Waals surface area contributed by atoms with Gasteiger partial charge in [-0.15, -0.1) is 24.0 Å². The first-order chi connectivity index (χ1) is 13.5. The minimum absolute atomic E-state index is 0. The number of halogens is 4. The highest BCUT2D eigenvalue weighted by Gasteiger charge is 2.27. The maximum Gasteiger partial charge on any atom is 0.411 e. The molecule has 9 heteroatoms. The highest BCUT2D eigenvalue weighted by molar-refractivity contribution is 14.0. The molecule has 0 aliphatic carbocycles. The van der Waals surface area contributed by atoms with Crippen LogP contribution in [0.5, 0.6) is 0 Å². The van der Waals surface area contributed by atoms with Crippen molar-refractivity contribution in [3.05, 3.63) is 59.5 Å². The zero-order valence-corrected chi connectivity index (χ0v) is 18.6. The zero-order valence-electron chi connectivity index (χ0n) is 16.3. The number of rotatable bonds is 10. The molecule has 0 aliphatic heterocycles. The second-order valence-electron chi connectivity index (χ2n) is 6.28. The number of ether oxygens (including phenoxy) is 1. The van der Waals surface area contributed by atoms with Crippen molar-refractivity contribution in [2.75, 3.05) is 19.7 Å². The van der Waals surface area contributed by atoms with Crippen molar-refractivity contribution >= 4 is 29.9 Å². The molecule has 0 fully saturated rings. The van der Waals surface area contributed by atoms with Gasteiger partial charge in [0, 0.05) is 19.5 Å². The lowest BCUT2D eigenvalue weighted by Crippen LogP contribution is -2.38. The summed E-state index contributed by atoms with van der Waals surface area (Å²) in [6.45, 7) is 2.61. The van der Waals surface area contributed by atoms with Crippen LogP contribution in [-0.2, 0) is 24.3 Å². The van der Waals surface area contributed by atoms with Crippen LogP contribution in [0.15, 0.2) is 52.1 Å². The van der Waals surface area contributed by atoms with Gasteiger partial charge in [-0.05, 0) is 29.7 Å². The SMILES string of the molecule is CCCNC(=NCc1cccc(COCC(F)(F)F)c1)NCCc1ccco1.I. The van der Waals surface area contributed by atoms with Gasteiger partial charge in [0.15, 0.2) is 5.96 Å². The Morgan fingerprint density at radius 1 is 1.10 bits per heavy atom. The monoisotopic (exact) mass is 525 g/mol. The summed E-state index contributed by atoms with van der Waals surface area (Å²) in [5.41, 5.74) is 1.59. The molecular weight excluding hydrogens is 498 g/mol. The number of hydrogen-bond acceptors (Lipinski definition) is 3. The molecule has 0 spiro atoms. The van der Waals surface area contributed by atoms with Crippen LogP contribution in [0.1, 0.15) is 30.2 Å². The second-order valence-corrected chi connectivity index (χ2v) is 6.28. The zero-order chi connectivity index (χ0) is 20.2. The fourth-order valence-corrected chi connectivity index (χ4v) is 2.45. The third-order valence-corrected chi connectivity index (χ3v) is 3.73. The molecule has 2 rings (SSSR count). The smallest absolute Gasteiger partial charge is 0.411 e. The van der Waals surface area contributed by atoms with E-state index >= 15 is 0 Å². The molecule has 1 heterocycles. The maximum atomic E-state index is 12.2. The van der Waals surface area contributed by atoms with E-state index in [1.807, 2.05) is 18.2 Å². The third-order valence-electron chi connectivity index (χ3n) is 3.73. The Bertz CT molecular complexity index is 722. The number of aliphatic imine (C=N–C) groups is 1. The fraction of sp³-hybridized carbons (Fsp3) is 0.450. The van der Waals surface area contributed by atoms with Gasteiger partial charge in [-0.1, -0.05) is 31.2 Å². The van der Waals surface area contributed by atoms with E-state index in [0.717, 1.165) is 30.7 Å². The van der Waals surface area contributed by atoms with Crippen LogP contribution in [0.2, 0.25) is 0 Å². The lowest BCUT2D eigenvalue weighted by Gasteiger charge is -2.12. The van der Waals surface area contributed by atoms with Gasteiger partial charge in [0.25, 0.3) is 0 Å². The van der Waals surface area contributed by atoms with Crippen LogP contribution in [0.4, 0.5) is 13.2 Å². The van der Waals surface area contributed by atoms with Gasteiger partial charge < -0.3 is 19.8 Å². The van der Waals surface area contributed by atoms with Crippen LogP contribution in [0, 0.1) is 0 Å². The number of guanidine groups is 1. The highest BCUT2D eigenvalue weighted by atomic mass is 127. The Morgan fingerprint density at radius 2 is 1.86 bits per heavy atom. The van der Waals surface area contributed by atoms with Crippen LogP contribution >= 0.6 is 24.0 Å². The van der Waals surface area contributed by atoms with Crippen molar-refractivity contribution in [3.8, 4) is 0 Å². The predicted octanol–water partition coefficient (Wildman–Crippen LogP) is 4.66. The summed E-state index contributed by atoms with van der Waals surface area (Å²) in [5, 5.41) is 6.50. The molecule has 2 N–H and O–H groups in total. The highest BCUT2D eigenvalue weighted by Crippen LogP contribution is 2.16. The quantitative estimate of drug-likeness (QED) is 0.269. The third kappa shape index (κ3) is 11.1. The van der Waals surface area contributed by atoms with Crippen molar-refractivity contribution in [1.82, 2.24) is 10.6 Å². The first kappa shape index (κ1) is 25.3. The molecule has 0 amide bonds. The van der Waals surface area contributed by atoms with Crippen LogP contribution in [-0.4, -0.2) is 31.8 Å². The van der Waals surface area contributed by atoms with E-state index in [-0.39, 0.29) is 30.6 Å². The molecule has 5 nitrogen and oxygen atoms in total. The number of furan rings is 1. The molecule has 0 bridgehead atoms. The van der Waals surface area contributed by atoms with Crippen LogP contribution in [0.3, 0.4) is 0 Å². The van der Waals surface area contributed by atoms with Crippen molar-refractivity contribution in [2.24, 2.45) is 4.99 Å². The first-order valence-electron chi connectivity index (χ1n) is 9.23. The minimum Gasteiger partial charge on any atom is -0.469 e. The molecule has 162 valence electrons. The standard InChI is InChI=1S/C20H26F3N3O2.HI/c1-2-9-24-19(25-10-8-18-7-4-11-28-18)26-13-16-5-3-6-17(12-16)14-27-15-20(21,22)23;/h3-7,11-12H,2,8-10,13-15H2,1H3,(H2,24,25,26);1H. The lowest BCUT2D eigenvalue weighted by atomic mass is 10.1. The van der Waals surface area contributed by atoms with Gasteiger partial charge in [-0.3, -0.25) is 0 Å². The van der Waals surface area contributed by atoms with E-state index in [4.69, 9.17) is 9.15 Å². The van der Waals surface area contributed by atoms with E-state index in [1.54, 1.807) is 24.5 Å². The Labute approximate surface area is 186 Å². The van der Waals surface area contributed by atoms with Gasteiger partial charge >= 0.3 is 6.18 Å². The average Bonchev–Trinajstić information content (AvgIpc) is 3.16. The summed E-state index contributed by atoms with van der Waals surface area (Å²) in [7, 11) is 0. The molecule has 0 aliphatic rings. The maximum absolute atomic E-state index is 12.2. The minimum atomic E-state index is -4.32. The molecule has 1 aromatic carbocycles. The summed E-state index contributed by atoms with van der Waals surface area (Å²) in [6.07, 6.45) is -0.967. The van der Waals surface area contributed by atoms with Crippen molar-refractivity contribution in [1.29, 1.82) is 0 Å². The Balaban J connectivity index is 0.00000420. The molecule has 0 radical (unpaired) electrons. The van der Waals surface area contributed by atoms with E-state index in [2.05, 4.69) is 22.5 Å². The van der Waals surface area contributed by atoms with Crippen LogP contribution < -0.4 is 10.6 Å². The first-order valence-corrected chi connectivity index (χ1v) is 9.23. The summed E-state index contributed by atoms with van der Waals surface area (Å²) in [6, 6.07) is 11.0. The van der Waals surface area contributed by atoms with E-state index in [0.29, 0.717) is 24.6 Å². The topological polar surface area (TPSA) is 58.8 Å². The summed E-state index contributed by atoms with van der Waals surface area (Å²) >= 11 is 0. The molecular formula is C20H27F3IN3O2. The summed E-state index contributed by atoms with van der Waals surface area (Å²) in [4.78, 5) is 4.55.